The highest BCUT2D eigenvalue weighted by Crippen LogP contribution is 2.26. The molecule has 1 amide bonds. The molecule has 0 unspecified atom stereocenters. The topological polar surface area (TPSA) is 38.3 Å². The number of aryl methyl sites for hydroxylation is 4. The van der Waals surface area contributed by atoms with Crippen LogP contribution in [0.2, 0.25) is 0 Å². The van der Waals surface area contributed by atoms with Gasteiger partial charge in [0.1, 0.15) is 5.75 Å². The van der Waals surface area contributed by atoms with Gasteiger partial charge in [0.15, 0.2) is 6.10 Å². The first-order valence-corrected chi connectivity index (χ1v) is 9.23. The highest BCUT2D eigenvalue weighted by Gasteiger charge is 2.19. The number of benzene rings is 2. The number of carbonyl (C=O) groups is 1. The van der Waals surface area contributed by atoms with Gasteiger partial charge in [-0.25, -0.2) is 0 Å². The molecule has 25 heavy (non-hydrogen) atoms. The fourth-order valence-electron chi connectivity index (χ4n) is 3.54. The number of rotatable bonds is 5. The number of anilines is 1. The second kappa shape index (κ2) is 7.73. The van der Waals surface area contributed by atoms with Crippen LogP contribution in [0.5, 0.6) is 5.75 Å². The van der Waals surface area contributed by atoms with Gasteiger partial charge in [0.25, 0.3) is 5.91 Å². The Bertz CT molecular complexity index is 746. The smallest absolute Gasteiger partial charge is 0.265 e. The standard InChI is InChI=1S/C22H27NO2/c1-4-21(22(24)23-19-12-15(2)11-16(3)13-19)25-20-10-9-17-7-5-6-8-18(17)14-20/h9-14,21H,4-8H2,1-3H3,(H,23,24)/t21-/m0/s1. The molecule has 0 heterocycles. The number of amides is 1. The summed E-state index contributed by atoms with van der Waals surface area (Å²) in [5.41, 5.74) is 5.90. The molecule has 1 aliphatic carbocycles. The Morgan fingerprint density at radius 3 is 2.40 bits per heavy atom. The van der Waals surface area contributed by atoms with Crippen molar-refractivity contribution in [1.29, 1.82) is 0 Å². The van der Waals surface area contributed by atoms with Gasteiger partial charge in [-0.1, -0.05) is 19.1 Å². The van der Waals surface area contributed by atoms with Crippen molar-refractivity contribution < 1.29 is 9.53 Å². The monoisotopic (exact) mass is 337 g/mol. The highest BCUT2D eigenvalue weighted by molar-refractivity contribution is 5.94. The number of ether oxygens (including phenoxy) is 1. The van der Waals surface area contributed by atoms with E-state index >= 15 is 0 Å². The molecule has 0 saturated carbocycles. The number of hydrogen-bond donors (Lipinski definition) is 1. The van der Waals surface area contributed by atoms with E-state index in [-0.39, 0.29) is 5.91 Å². The van der Waals surface area contributed by atoms with Crippen LogP contribution in [0.4, 0.5) is 5.69 Å². The molecule has 2 aromatic rings. The third-order valence-electron chi connectivity index (χ3n) is 4.75. The van der Waals surface area contributed by atoms with E-state index in [0.29, 0.717) is 6.42 Å². The van der Waals surface area contributed by atoms with Gasteiger partial charge < -0.3 is 10.1 Å². The lowest BCUT2D eigenvalue weighted by Gasteiger charge is -2.20. The quantitative estimate of drug-likeness (QED) is 0.836. The first-order chi connectivity index (χ1) is 12.0. The minimum atomic E-state index is -0.484. The molecule has 0 bridgehead atoms. The number of nitrogens with one attached hydrogen (secondary N) is 1. The molecule has 0 saturated heterocycles. The zero-order valence-electron chi connectivity index (χ0n) is 15.4. The fourth-order valence-corrected chi connectivity index (χ4v) is 3.54. The van der Waals surface area contributed by atoms with Crippen LogP contribution < -0.4 is 10.1 Å². The maximum Gasteiger partial charge on any atom is 0.265 e. The third-order valence-corrected chi connectivity index (χ3v) is 4.75. The molecule has 0 fully saturated rings. The van der Waals surface area contributed by atoms with E-state index in [2.05, 4.69) is 23.5 Å². The second-order valence-electron chi connectivity index (χ2n) is 7.02. The normalized spacial score (nSPS) is 14.5. The average molecular weight is 337 g/mol. The second-order valence-corrected chi connectivity index (χ2v) is 7.02. The predicted octanol–water partition coefficient (Wildman–Crippen LogP) is 4.98. The summed E-state index contributed by atoms with van der Waals surface area (Å²) < 4.78 is 6.01. The summed E-state index contributed by atoms with van der Waals surface area (Å²) in [6.45, 7) is 6.04. The minimum Gasteiger partial charge on any atom is -0.481 e. The Kier molecular flexibility index (Phi) is 5.42. The molecule has 1 N–H and O–H groups in total. The zero-order valence-corrected chi connectivity index (χ0v) is 15.4. The van der Waals surface area contributed by atoms with E-state index in [4.69, 9.17) is 4.74 Å². The van der Waals surface area contributed by atoms with E-state index in [1.54, 1.807) is 0 Å². The van der Waals surface area contributed by atoms with Crippen LogP contribution >= 0.6 is 0 Å². The molecule has 3 rings (SSSR count). The molecule has 3 heteroatoms. The Labute approximate surface area is 150 Å². The van der Waals surface area contributed by atoms with E-state index < -0.39 is 6.10 Å². The third kappa shape index (κ3) is 4.41. The Morgan fingerprint density at radius 1 is 1.04 bits per heavy atom. The van der Waals surface area contributed by atoms with E-state index in [1.165, 1.54) is 24.0 Å². The molecule has 2 aromatic carbocycles. The molecule has 132 valence electrons. The van der Waals surface area contributed by atoms with Crippen LogP contribution in [-0.4, -0.2) is 12.0 Å². The summed E-state index contributed by atoms with van der Waals surface area (Å²) >= 11 is 0. The first-order valence-electron chi connectivity index (χ1n) is 9.23. The van der Waals surface area contributed by atoms with Crippen LogP contribution in [0.3, 0.4) is 0 Å². The minimum absolute atomic E-state index is 0.0924. The van der Waals surface area contributed by atoms with E-state index in [0.717, 1.165) is 35.4 Å². The van der Waals surface area contributed by atoms with Gasteiger partial charge in [-0.3, -0.25) is 4.79 Å². The number of hydrogen-bond acceptors (Lipinski definition) is 2. The van der Waals surface area contributed by atoms with Crippen molar-refractivity contribution in [3.8, 4) is 5.75 Å². The molecule has 1 aliphatic rings. The van der Waals surface area contributed by atoms with Crippen LogP contribution in [-0.2, 0) is 17.6 Å². The van der Waals surface area contributed by atoms with Crippen molar-refractivity contribution >= 4 is 11.6 Å². The van der Waals surface area contributed by atoms with E-state index in [9.17, 15) is 4.79 Å². The lowest BCUT2D eigenvalue weighted by Crippen LogP contribution is -2.32. The summed E-state index contributed by atoms with van der Waals surface area (Å²) in [6.07, 6.45) is 4.91. The van der Waals surface area contributed by atoms with Crippen molar-refractivity contribution in [2.45, 2.75) is 59.0 Å². The van der Waals surface area contributed by atoms with Crippen LogP contribution in [0, 0.1) is 13.8 Å². The van der Waals surface area contributed by atoms with Crippen LogP contribution in [0.25, 0.3) is 0 Å². The summed E-state index contributed by atoms with van der Waals surface area (Å²) in [7, 11) is 0. The zero-order chi connectivity index (χ0) is 17.8. The predicted molar refractivity (Wildman–Crippen MR) is 102 cm³/mol. The van der Waals surface area contributed by atoms with Gasteiger partial charge in [0.2, 0.25) is 0 Å². The van der Waals surface area contributed by atoms with Crippen molar-refractivity contribution in [2.75, 3.05) is 5.32 Å². The Morgan fingerprint density at radius 2 is 1.72 bits per heavy atom. The van der Waals surface area contributed by atoms with Gasteiger partial charge in [-0.2, -0.15) is 0 Å². The van der Waals surface area contributed by atoms with Gasteiger partial charge in [0.05, 0.1) is 0 Å². The van der Waals surface area contributed by atoms with Crippen LogP contribution in [0.1, 0.15) is 48.4 Å². The molecule has 1 atom stereocenters. The SMILES string of the molecule is CC[C@H](Oc1ccc2c(c1)CCCC2)C(=O)Nc1cc(C)cc(C)c1. The molecule has 0 aromatic heterocycles. The average Bonchev–Trinajstić information content (AvgIpc) is 2.58. The number of fused-ring (bicyclic) bond motifs is 1. The Hall–Kier alpha value is -2.29. The van der Waals surface area contributed by atoms with Crippen LogP contribution in [0.15, 0.2) is 36.4 Å². The lowest BCUT2D eigenvalue weighted by molar-refractivity contribution is -0.122. The van der Waals surface area contributed by atoms with Crippen molar-refractivity contribution in [1.82, 2.24) is 0 Å². The van der Waals surface area contributed by atoms with Crippen molar-refractivity contribution in [3.63, 3.8) is 0 Å². The molecule has 3 nitrogen and oxygen atoms in total. The summed E-state index contributed by atoms with van der Waals surface area (Å²) in [4.78, 5) is 12.6. The summed E-state index contributed by atoms with van der Waals surface area (Å²) in [5, 5.41) is 2.99. The van der Waals surface area contributed by atoms with Gasteiger partial charge in [-0.15, -0.1) is 0 Å². The maximum absolute atomic E-state index is 12.6. The fraction of sp³-hybridized carbons (Fsp3) is 0.409. The van der Waals surface area contributed by atoms with Gasteiger partial charge in [0, 0.05) is 5.69 Å². The Balaban J connectivity index is 1.70. The highest BCUT2D eigenvalue weighted by atomic mass is 16.5. The number of carbonyl (C=O) groups excluding carboxylic acids is 1. The van der Waals surface area contributed by atoms with Gasteiger partial charge >= 0.3 is 0 Å². The first kappa shape index (κ1) is 17.5. The molecular formula is C22H27NO2. The molecular weight excluding hydrogens is 310 g/mol. The summed E-state index contributed by atoms with van der Waals surface area (Å²) in [6, 6.07) is 12.3. The molecule has 0 spiro atoms. The van der Waals surface area contributed by atoms with E-state index in [1.807, 2.05) is 39.0 Å². The lowest BCUT2D eigenvalue weighted by atomic mass is 9.92. The van der Waals surface area contributed by atoms with Crippen molar-refractivity contribution in [3.05, 3.63) is 58.7 Å². The van der Waals surface area contributed by atoms with Gasteiger partial charge in [-0.05, 0) is 92.5 Å². The largest absolute Gasteiger partial charge is 0.481 e. The van der Waals surface area contributed by atoms with Crippen molar-refractivity contribution in [2.24, 2.45) is 0 Å². The summed E-state index contributed by atoms with van der Waals surface area (Å²) in [5.74, 6) is 0.702. The molecule has 0 radical (unpaired) electrons. The molecule has 0 aliphatic heterocycles. The maximum atomic E-state index is 12.6.